The van der Waals surface area contributed by atoms with Crippen LogP contribution in [0.3, 0.4) is 0 Å². The first kappa shape index (κ1) is 9.64. The first-order valence-corrected chi connectivity index (χ1v) is 4.33. The molecule has 0 saturated heterocycles. The average molecular weight is 210 g/mol. The van der Waals surface area contributed by atoms with Gasteiger partial charge in [0.1, 0.15) is 12.2 Å². The van der Waals surface area contributed by atoms with E-state index in [0.29, 0.717) is 11.1 Å². The molecule has 0 unspecified atom stereocenters. The van der Waals surface area contributed by atoms with E-state index in [2.05, 4.69) is 0 Å². The predicted molar refractivity (Wildman–Crippen MR) is 50.3 cm³/mol. The van der Waals surface area contributed by atoms with Crippen LogP contribution in [0.15, 0.2) is 6.07 Å². The minimum atomic E-state index is -0.458. The third-order valence-corrected chi connectivity index (χ3v) is 2.27. The van der Waals surface area contributed by atoms with Gasteiger partial charge in [-0.25, -0.2) is 4.79 Å². The monoisotopic (exact) mass is 210 g/mol. The molecule has 0 radical (unpaired) electrons. The number of phenolic OH excluding ortho intramolecular Hbond substituents is 1. The third kappa shape index (κ3) is 1.27. The van der Waals surface area contributed by atoms with Crippen molar-refractivity contribution in [3.8, 4) is 17.2 Å². The molecule has 0 atom stereocenters. The Bertz CT molecular complexity index is 424. The highest BCUT2D eigenvalue weighted by atomic mass is 16.5. The Labute approximate surface area is 86.2 Å². The molecule has 1 aromatic carbocycles. The van der Waals surface area contributed by atoms with Gasteiger partial charge in [-0.2, -0.15) is 0 Å². The van der Waals surface area contributed by atoms with E-state index in [9.17, 15) is 9.90 Å². The SMILES string of the molecule is COc1c(O)cc2c(c1OC)C(=O)OC2. The molecule has 1 heterocycles. The van der Waals surface area contributed by atoms with Crippen molar-refractivity contribution in [2.75, 3.05) is 14.2 Å². The van der Waals surface area contributed by atoms with Crippen LogP contribution in [-0.2, 0) is 11.3 Å². The summed E-state index contributed by atoms with van der Waals surface area (Å²) in [5.41, 5.74) is 0.933. The van der Waals surface area contributed by atoms with E-state index in [1.165, 1.54) is 20.3 Å². The number of hydrogen-bond donors (Lipinski definition) is 1. The number of esters is 1. The van der Waals surface area contributed by atoms with E-state index in [1.54, 1.807) is 0 Å². The predicted octanol–water partition coefficient (Wildman–Crippen LogP) is 1.08. The molecule has 0 amide bonds. The number of carbonyl (C=O) groups excluding carboxylic acids is 1. The fourth-order valence-corrected chi connectivity index (χ4v) is 1.62. The molecule has 0 saturated carbocycles. The lowest BCUT2D eigenvalue weighted by Gasteiger charge is -2.11. The molecule has 15 heavy (non-hydrogen) atoms. The zero-order valence-corrected chi connectivity index (χ0v) is 8.36. The van der Waals surface area contributed by atoms with Crippen molar-refractivity contribution in [2.24, 2.45) is 0 Å². The Kier molecular flexibility index (Phi) is 2.15. The number of hydrogen-bond acceptors (Lipinski definition) is 5. The van der Waals surface area contributed by atoms with Crippen LogP contribution < -0.4 is 9.47 Å². The number of aromatic hydroxyl groups is 1. The average Bonchev–Trinajstić information content (AvgIpc) is 2.58. The number of methoxy groups -OCH3 is 2. The van der Waals surface area contributed by atoms with E-state index < -0.39 is 5.97 Å². The second-order valence-electron chi connectivity index (χ2n) is 3.07. The third-order valence-electron chi connectivity index (χ3n) is 2.27. The summed E-state index contributed by atoms with van der Waals surface area (Å²) in [5.74, 6) is -0.156. The second kappa shape index (κ2) is 3.34. The van der Waals surface area contributed by atoms with Gasteiger partial charge in [-0.15, -0.1) is 0 Å². The highest BCUT2D eigenvalue weighted by Gasteiger charge is 2.30. The van der Waals surface area contributed by atoms with Crippen LogP contribution in [0.25, 0.3) is 0 Å². The van der Waals surface area contributed by atoms with E-state index >= 15 is 0 Å². The topological polar surface area (TPSA) is 65.0 Å². The summed E-state index contributed by atoms with van der Waals surface area (Å²) in [7, 11) is 2.80. The Balaban J connectivity index is 2.71. The van der Waals surface area contributed by atoms with E-state index in [-0.39, 0.29) is 23.9 Å². The molecule has 5 heteroatoms. The van der Waals surface area contributed by atoms with E-state index in [0.717, 1.165) is 0 Å². The second-order valence-corrected chi connectivity index (χ2v) is 3.07. The summed E-state index contributed by atoms with van der Waals surface area (Å²) in [5, 5.41) is 9.60. The van der Waals surface area contributed by atoms with Crippen LogP contribution >= 0.6 is 0 Å². The smallest absolute Gasteiger partial charge is 0.342 e. The van der Waals surface area contributed by atoms with Crippen LogP contribution in [0.2, 0.25) is 0 Å². The minimum absolute atomic E-state index is 0.0635. The number of ether oxygens (including phenoxy) is 3. The Hall–Kier alpha value is -1.91. The van der Waals surface area contributed by atoms with Gasteiger partial charge in [-0.05, 0) is 6.07 Å². The van der Waals surface area contributed by atoms with Crippen molar-refractivity contribution in [1.82, 2.24) is 0 Å². The summed E-state index contributed by atoms with van der Waals surface area (Å²) < 4.78 is 14.8. The van der Waals surface area contributed by atoms with E-state index in [1.807, 2.05) is 0 Å². The fraction of sp³-hybridized carbons (Fsp3) is 0.300. The molecule has 1 aromatic rings. The zero-order valence-electron chi connectivity index (χ0n) is 8.36. The molecule has 1 aliphatic rings. The molecule has 5 nitrogen and oxygen atoms in total. The van der Waals surface area contributed by atoms with Crippen LogP contribution in [0.4, 0.5) is 0 Å². The van der Waals surface area contributed by atoms with Crippen molar-refractivity contribution >= 4 is 5.97 Å². The molecular weight excluding hydrogens is 200 g/mol. The van der Waals surface area contributed by atoms with Gasteiger partial charge in [0.05, 0.1) is 14.2 Å². The number of cyclic esters (lactones) is 1. The molecule has 0 aliphatic carbocycles. The minimum Gasteiger partial charge on any atom is -0.504 e. The largest absolute Gasteiger partial charge is 0.504 e. The molecule has 1 aliphatic heterocycles. The number of fused-ring (bicyclic) bond motifs is 1. The molecule has 2 rings (SSSR count). The molecule has 0 aromatic heterocycles. The lowest BCUT2D eigenvalue weighted by atomic mass is 10.1. The van der Waals surface area contributed by atoms with Gasteiger partial charge in [-0.3, -0.25) is 0 Å². The summed E-state index contributed by atoms with van der Waals surface area (Å²) >= 11 is 0. The van der Waals surface area contributed by atoms with Gasteiger partial charge in [0.25, 0.3) is 0 Å². The highest BCUT2D eigenvalue weighted by molar-refractivity contribution is 5.98. The highest BCUT2D eigenvalue weighted by Crippen LogP contribution is 2.43. The lowest BCUT2D eigenvalue weighted by Crippen LogP contribution is -2.01. The van der Waals surface area contributed by atoms with Gasteiger partial charge >= 0.3 is 5.97 Å². The summed E-state index contributed by atoms with van der Waals surface area (Å²) in [6.07, 6.45) is 0. The Morgan fingerprint density at radius 3 is 2.60 bits per heavy atom. The molecular formula is C10H10O5. The Morgan fingerprint density at radius 2 is 2.00 bits per heavy atom. The zero-order chi connectivity index (χ0) is 11.0. The molecule has 80 valence electrons. The van der Waals surface area contributed by atoms with Crippen molar-refractivity contribution in [2.45, 2.75) is 6.61 Å². The summed E-state index contributed by atoms with van der Waals surface area (Å²) in [6.45, 7) is 0.155. The van der Waals surface area contributed by atoms with E-state index in [4.69, 9.17) is 14.2 Å². The normalized spacial score (nSPS) is 13.3. The first-order chi connectivity index (χ1) is 7.19. The maximum Gasteiger partial charge on any atom is 0.342 e. The number of phenols is 1. The van der Waals surface area contributed by atoms with Gasteiger partial charge in [0, 0.05) is 5.56 Å². The van der Waals surface area contributed by atoms with Gasteiger partial charge in [-0.1, -0.05) is 0 Å². The van der Waals surface area contributed by atoms with Gasteiger partial charge < -0.3 is 19.3 Å². The van der Waals surface area contributed by atoms with Crippen LogP contribution in [0.1, 0.15) is 15.9 Å². The van der Waals surface area contributed by atoms with Crippen molar-refractivity contribution in [1.29, 1.82) is 0 Å². The maximum atomic E-state index is 11.4. The quantitative estimate of drug-likeness (QED) is 0.740. The first-order valence-electron chi connectivity index (χ1n) is 4.33. The molecule has 1 N–H and O–H groups in total. The maximum absolute atomic E-state index is 11.4. The van der Waals surface area contributed by atoms with Crippen molar-refractivity contribution < 1.29 is 24.1 Å². The molecule has 0 fully saturated rings. The number of benzene rings is 1. The van der Waals surface area contributed by atoms with Gasteiger partial charge in [0.2, 0.25) is 5.75 Å². The van der Waals surface area contributed by atoms with Crippen LogP contribution in [0, 0.1) is 0 Å². The summed E-state index contributed by atoms with van der Waals surface area (Å²) in [4.78, 5) is 11.4. The van der Waals surface area contributed by atoms with Gasteiger partial charge in [0.15, 0.2) is 11.5 Å². The molecule has 0 bridgehead atoms. The number of carbonyl (C=O) groups is 1. The van der Waals surface area contributed by atoms with Crippen molar-refractivity contribution in [3.05, 3.63) is 17.2 Å². The lowest BCUT2D eigenvalue weighted by molar-refractivity contribution is 0.0532. The standard InChI is InChI=1S/C10H10O5/c1-13-8-6(11)3-5-4-15-10(12)7(5)9(8)14-2/h3,11H,4H2,1-2H3. The summed E-state index contributed by atoms with van der Waals surface area (Å²) in [6, 6.07) is 1.45. The van der Waals surface area contributed by atoms with Crippen LogP contribution in [-0.4, -0.2) is 25.3 Å². The van der Waals surface area contributed by atoms with Crippen LogP contribution in [0.5, 0.6) is 17.2 Å². The van der Waals surface area contributed by atoms with Crippen molar-refractivity contribution in [3.63, 3.8) is 0 Å². The fourth-order valence-electron chi connectivity index (χ4n) is 1.62. The number of rotatable bonds is 2. The Morgan fingerprint density at radius 1 is 1.33 bits per heavy atom. The molecule has 0 spiro atoms.